The summed E-state index contributed by atoms with van der Waals surface area (Å²) in [6.45, 7) is 4.57. The van der Waals surface area contributed by atoms with Crippen molar-refractivity contribution in [3.8, 4) is 11.5 Å². The Morgan fingerprint density at radius 1 is 1.09 bits per heavy atom. The number of aryl methyl sites for hydroxylation is 2. The molecule has 0 aliphatic rings. The Balaban J connectivity index is 1.78. The summed E-state index contributed by atoms with van der Waals surface area (Å²) in [7, 11) is 1.59. The van der Waals surface area contributed by atoms with Gasteiger partial charge < -0.3 is 14.8 Å². The van der Waals surface area contributed by atoms with Crippen LogP contribution in [0.4, 0.5) is 5.69 Å². The first-order valence-corrected chi connectivity index (χ1v) is 7.73. The van der Waals surface area contributed by atoms with E-state index >= 15 is 0 Å². The van der Waals surface area contributed by atoms with Crippen molar-refractivity contribution in [3.05, 3.63) is 53.6 Å². The molecule has 0 spiro atoms. The summed E-state index contributed by atoms with van der Waals surface area (Å²) < 4.78 is 11.0. The van der Waals surface area contributed by atoms with Crippen LogP contribution in [0.15, 0.2) is 42.5 Å². The molecule has 0 atom stereocenters. The number of rotatable bonds is 7. The molecule has 4 heteroatoms. The minimum atomic E-state index is -0.0425. The first-order chi connectivity index (χ1) is 11.1. The van der Waals surface area contributed by atoms with Crippen LogP contribution in [0.1, 0.15) is 24.0 Å². The van der Waals surface area contributed by atoms with E-state index in [-0.39, 0.29) is 5.91 Å². The maximum Gasteiger partial charge on any atom is 0.224 e. The summed E-state index contributed by atoms with van der Waals surface area (Å²) in [6.07, 6.45) is 1.07. The van der Waals surface area contributed by atoms with Crippen molar-refractivity contribution in [3.63, 3.8) is 0 Å². The number of hydrogen-bond acceptors (Lipinski definition) is 3. The normalized spacial score (nSPS) is 10.2. The molecule has 0 aliphatic heterocycles. The van der Waals surface area contributed by atoms with E-state index in [2.05, 4.69) is 11.4 Å². The molecule has 2 aromatic carbocycles. The van der Waals surface area contributed by atoms with Gasteiger partial charge in [-0.2, -0.15) is 0 Å². The van der Waals surface area contributed by atoms with E-state index in [1.54, 1.807) is 7.11 Å². The molecule has 0 aliphatic carbocycles. The highest BCUT2D eigenvalue weighted by molar-refractivity contribution is 5.92. The fourth-order valence-corrected chi connectivity index (χ4v) is 2.24. The first-order valence-electron chi connectivity index (χ1n) is 7.73. The number of carbonyl (C=O) groups is 1. The number of carbonyl (C=O) groups excluding carboxylic acids is 1. The fraction of sp³-hybridized carbons (Fsp3) is 0.316. The van der Waals surface area contributed by atoms with Crippen LogP contribution in [0.25, 0.3) is 0 Å². The lowest BCUT2D eigenvalue weighted by molar-refractivity contribution is -0.116. The van der Waals surface area contributed by atoms with Crippen molar-refractivity contribution in [2.24, 2.45) is 0 Å². The van der Waals surface area contributed by atoms with E-state index in [9.17, 15) is 4.79 Å². The zero-order valence-corrected chi connectivity index (χ0v) is 13.9. The summed E-state index contributed by atoms with van der Waals surface area (Å²) in [5.41, 5.74) is 2.96. The monoisotopic (exact) mass is 313 g/mol. The molecule has 0 bridgehead atoms. The van der Waals surface area contributed by atoms with Crippen LogP contribution in [0, 0.1) is 13.8 Å². The molecule has 1 N–H and O–H groups in total. The number of benzene rings is 2. The first kappa shape index (κ1) is 16.9. The standard InChI is InChI=1S/C19H23NO3/c1-14-10-11-15(2)18(13-14)23-12-6-9-19(21)20-16-7-4-5-8-17(16)22-3/h4-5,7-8,10-11,13H,6,9,12H2,1-3H3,(H,20,21). The van der Waals surface area contributed by atoms with Gasteiger partial charge in [-0.15, -0.1) is 0 Å². The molecule has 2 rings (SSSR count). The van der Waals surface area contributed by atoms with E-state index in [4.69, 9.17) is 9.47 Å². The summed E-state index contributed by atoms with van der Waals surface area (Å²) >= 11 is 0. The maximum absolute atomic E-state index is 12.0. The molecule has 0 unspecified atom stereocenters. The van der Waals surface area contributed by atoms with Gasteiger partial charge in [0.2, 0.25) is 5.91 Å². The average Bonchev–Trinajstić information content (AvgIpc) is 2.55. The van der Waals surface area contributed by atoms with Gasteiger partial charge in [-0.05, 0) is 49.6 Å². The average molecular weight is 313 g/mol. The quantitative estimate of drug-likeness (QED) is 0.783. The Morgan fingerprint density at radius 2 is 1.87 bits per heavy atom. The fourth-order valence-electron chi connectivity index (χ4n) is 2.24. The number of para-hydroxylation sites is 2. The van der Waals surface area contributed by atoms with Crippen molar-refractivity contribution in [2.45, 2.75) is 26.7 Å². The van der Waals surface area contributed by atoms with Gasteiger partial charge in [-0.3, -0.25) is 4.79 Å². The molecule has 0 fully saturated rings. The van der Waals surface area contributed by atoms with Crippen LogP contribution >= 0.6 is 0 Å². The van der Waals surface area contributed by atoms with E-state index in [1.807, 2.05) is 50.2 Å². The molecule has 23 heavy (non-hydrogen) atoms. The Kier molecular flexibility index (Phi) is 6.03. The van der Waals surface area contributed by atoms with E-state index in [1.165, 1.54) is 5.56 Å². The molecular weight excluding hydrogens is 290 g/mol. The third-order valence-electron chi connectivity index (χ3n) is 3.53. The van der Waals surface area contributed by atoms with Crippen LogP contribution < -0.4 is 14.8 Å². The minimum Gasteiger partial charge on any atom is -0.495 e. The van der Waals surface area contributed by atoms with E-state index in [0.717, 1.165) is 11.3 Å². The summed E-state index contributed by atoms with van der Waals surface area (Å²) in [5, 5.41) is 2.86. The van der Waals surface area contributed by atoms with Gasteiger partial charge in [-0.25, -0.2) is 0 Å². The third-order valence-corrected chi connectivity index (χ3v) is 3.53. The Hall–Kier alpha value is -2.49. The smallest absolute Gasteiger partial charge is 0.224 e. The topological polar surface area (TPSA) is 47.6 Å². The van der Waals surface area contributed by atoms with Gasteiger partial charge in [0.05, 0.1) is 19.4 Å². The zero-order valence-electron chi connectivity index (χ0n) is 13.9. The summed E-state index contributed by atoms with van der Waals surface area (Å²) in [5.74, 6) is 1.50. The molecule has 122 valence electrons. The van der Waals surface area contributed by atoms with E-state index in [0.29, 0.717) is 30.9 Å². The highest BCUT2D eigenvalue weighted by Gasteiger charge is 2.07. The van der Waals surface area contributed by atoms with Crippen LogP contribution in [0.5, 0.6) is 11.5 Å². The lowest BCUT2D eigenvalue weighted by atomic mass is 10.1. The van der Waals surface area contributed by atoms with Gasteiger partial charge in [-0.1, -0.05) is 24.3 Å². The van der Waals surface area contributed by atoms with Gasteiger partial charge in [0.1, 0.15) is 11.5 Å². The second-order valence-electron chi connectivity index (χ2n) is 5.47. The van der Waals surface area contributed by atoms with Gasteiger partial charge in [0, 0.05) is 6.42 Å². The van der Waals surface area contributed by atoms with Crippen LogP contribution in [-0.4, -0.2) is 19.6 Å². The number of methoxy groups -OCH3 is 1. The highest BCUT2D eigenvalue weighted by atomic mass is 16.5. The number of nitrogens with one attached hydrogen (secondary N) is 1. The van der Waals surface area contributed by atoms with Crippen molar-refractivity contribution in [2.75, 3.05) is 19.0 Å². The summed E-state index contributed by atoms with van der Waals surface area (Å²) in [4.78, 5) is 12.0. The van der Waals surface area contributed by atoms with Crippen molar-refractivity contribution < 1.29 is 14.3 Å². The zero-order chi connectivity index (χ0) is 16.7. The number of ether oxygens (including phenoxy) is 2. The van der Waals surface area contributed by atoms with E-state index < -0.39 is 0 Å². The molecule has 0 saturated carbocycles. The van der Waals surface area contributed by atoms with Crippen LogP contribution in [0.3, 0.4) is 0 Å². The molecule has 0 saturated heterocycles. The molecule has 2 aromatic rings. The largest absolute Gasteiger partial charge is 0.495 e. The Bertz CT molecular complexity index is 667. The lowest BCUT2D eigenvalue weighted by Crippen LogP contribution is -2.13. The Morgan fingerprint density at radius 3 is 2.65 bits per heavy atom. The minimum absolute atomic E-state index is 0.0425. The highest BCUT2D eigenvalue weighted by Crippen LogP contribution is 2.23. The molecular formula is C19H23NO3. The molecule has 0 heterocycles. The molecule has 0 radical (unpaired) electrons. The van der Waals surface area contributed by atoms with Crippen molar-refractivity contribution in [1.29, 1.82) is 0 Å². The van der Waals surface area contributed by atoms with Crippen molar-refractivity contribution in [1.82, 2.24) is 0 Å². The van der Waals surface area contributed by atoms with Crippen LogP contribution in [0.2, 0.25) is 0 Å². The molecule has 4 nitrogen and oxygen atoms in total. The second-order valence-corrected chi connectivity index (χ2v) is 5.47. The summed E-state index contributed by atoms with van der Waals surface area (Å²) in [6, 6.07) is 13.5. The number of amides is 1. The molecule has 1 amide bonds. The second kappa shape index (κ2) is 8.22. The van der Waals surface area contributed by atoms with Crippen LogP contribution in [-0.2, 0) is 4.79 Å². The van der Waals surface area contributed by atoms with Crippen molar-refractivity contribution >= 4 is 11.6 Å². The molecule has 0 aromatic heterocycles. The Labute approximate surface area is 137 Å². The predicted molar refractivity (Wildman–Crippen MR) is 92.3 cm³/mol. The number of anilines is 1. The maximum atomic E-state index is 12.0. The third kappa shape index (κ3) is 5.02. The predicted octanol–water partition coefficient (Wildman–Crippen LogP) is 4.11. The van der Waals surface area contributed by atoms with Gasteiger partial charge in [0.25, 0.3) is 0 Å². The van der Waals surface area contributed by atoms with Gasteiger partial charge in [0.15, 0.2) is 0 Å². The lowest BCUT2D eigenvalue weighted by Gasteiger charge is -2.11. The van der Waals surface area contributed by atoms with Gasteiger partial charge >= 0.3 is 0 Å². The number of hydrogen-bond donors (Lipinski definition) is 1. The SMILES string of the molecule is COc1ccccc1NC(=O)CCCOc1cc(C)ccc1C.